The maximum atomic E-state index is 10.4. The lowest BCUT2D eigenvalue weighted by molar-refractivity contribution is -0.119. The first-order chi connectivity index (χ1) is 7.16. The molecule has 3 nitrogen and oxygen atoms in total. The molecule has 1 unspecified atom stereocenters. The fourth-order valence-corrected chi connectivity index (χ4v) is 1.39. The monoisotopic (exact) mass is 213 g/mol. The Balaban J connectivity index is 3.33. The van der Waals surface area contributed by atoms with Crippen molar-refractivity contribution in [1.82, 2.24) is 0 Å². The lowest BCUT2D eigenvalue weighted by atomic mass is 10.1. The minimum atomic E-state index is -0.710. The number of allylic oxidation sites excluding steroid dienone is 1. The number of amides is 1. The lowest BCUT2D eigenvalue weighted by Crippen LogP contribution is -2.18. The fourth-order valence-electron chi connectivity index (χ4n) is 1.39. The van der Waals surface area contributed by atoms with Crippen LogP contribution >= 0.6 is 0 Å². The molecular weight excluding hydrogens is 190 g/mol. The predicted octanol–water partition coefficient (Wildman–Crippen LogP) is 2.14. The van der Waals surface area contributed by atoms with E-state index in [4.69, 9.17) is 5.73 Å². The number of nitrogens with two attached hydrogens (primary N) is 1. The standard InChI is InChI=1S/C12H23NO2/c1-2-3-4-5-6-7-8-9-11(14)10-12(13)15/h8-9,11,14H,2-7,10H2,1H3,(H2,13,15)/b9-8-. The Bertz CT molecular complexity index is 190. The summed E-state index contributed by atoms with van der Waals surface area (Å²) in [6.45, 7) is 2.19. The van der Waals surface area contributed by atoms with E-state index in [1.165, 1.54) is 25.7 Å². The minimum absolute atomic E-state index is 0.0202. The van der Waals surface area contributed by atoms with Crippen LogP contribution in [0.1, 0.15) is 51.9 Å². The minimum Gasteiger partial charge on any atom is -0.389 e. The van der Waals surface area contributed by atoms with E-state index in [0.29, 0.717) is 0 Å². The van der Waals surface area contributed by atoms with Gasteiger partial charge < -0.3 is 10.8 Å². The highest BCUT2D eigenvalue weighted by molar-refractivity contribution is 5.74. The number of carbonyl (C=O) groups excluding carboxylic acids is 1. The molecule has 0 aromatic heterocycles. The average molecular weight is 213 g/mol. The van der Waals surface area contributed by atoms with Crippen molar-refractivity contribution in [2.45, 2.75) is 58.0 Å². The van der Waals surface area contributed by atoms with Crippen LogP contribution in [0.3, 0.4) is 0 Å². The van der Waals surface area contributed by atoms with Crippen molar-refractivity contribution in [2.75, 3.05) is 0 Å². The maximum Gasteiger partial charge on any atom is 0.220 e. The second-order valence-corrected chi connectivity index (χ2v) is 3.87. The molecule has 88 valence electrons. The molecule has 3 heteroatoms. The SMILES string of the molecule is CCCCCCC/C=C\C(O)CC(N)=O. The Morgan fingerprint density at radius 3 is 2.60 bits per heavy atom. The van der Waals surface area contributed by atoms with Crippen molar-refractivity contribution in [3.63, 3.8) is 0 Å². The van der Waals surface area contributed by atoms with E-state index in [1.807, 2.05) is 6.08 Å². The van der Waals surface area contributed by atoms with Crippen molar-refractivity contribution >= 4 is 5.91 Å². The van der Waals surface area contributed by atoms with Gasteiger partial charge in [-0.1, -0.05) is 44.8 Å². The summed E-state index contributed by atoms with van der Waals surface area (Å²) in [6, 6.07) is 0. The number of hydrogen-bond donors (Lipinski definition) is 2. The van der Waals surface area contributed by atoms with Gasteiger partial charge in [0.05, 0.1) is 12.5 Å². The van der Waals surface area contributed by atoms with Gasteiger partial charge in [0.2, 0.25) is 5.91 Å². The third-order valence-corrected chi connectivity index (χ3v) is 2.24. The Kier molecular flexibility index (Phi) is 9.18. The first kappa shape index (κ1) is 14.2. The van der Waals surface area contributed by atoms with Gasteiger partial charge in [0.15, 0.2) is 0 Å². The first-order valence-electron chi connectivity index (χ1n) is 5.79. The molecule has 1 atom stereocenters. The Morgan fingerprint density at radius 1 is 1.33 bits per heavy atom. The fraction of sp³-hybridized carbons (Fsp3) is 0.750. The molecule has 15 heavy (non-hydrogen) atoms. The van der Waals surface area contributed by atoms with Crippen molar-refractivity contribution in [3.8, 4) is 0 Å². The van der Waals surface area contributed by atoms with Gasteiger partial charge in [0, 0.05) is 0 Å². The summed E-state index contributed by atoms with van der Waals surface area (Å²) in [7, 11) is 0. The van der Waals surface area contributed by atoms with Crippen LogP contribution in [0.25, 0.3) is 0 Å². The average Bonchev–Trinajstić information content (AvgIpc) is 2.15. The van der Waals surface area contributed by atoms with Gasteiger partial charge in [-0.3, -0.25) is 4.79 Å². The van der Waals surface area contributed by atoms with Gasteiger partial charge in [-0.15, -0.1) is 0 Å². The van der Waals surface area contributed by atoms with Crippen LogP contribution in [0.2, 0.25) is 0 Å². The molecule has 1 amide bonds. The molecular formula is C12H23NO2. The summed E-state index contributed by atoms with van der Waals surface area (Å²) in [5, 5.41) is 9.27. The van der Waals surface area contributed by atoms with E-state index in [0.717, 1.165) is 12.8 Å². The molecule has 0 aliphatic rings. The summed E-state index contributed by atoms with van der Waals surface area (Å²) < 4.78 is 0. The van der Waals surface area contributed by atoms with E-state index < -0.39 is 12.0 Å². The van der Waals surface area contributed by atoms with Gasteiger partial charge in [0.1, 0.15) is 0 Å². The third-order valence-electron chi connectivity index (χ3n) is 2.24. The Hall–Kier alpha value is -0.830. The van der Waals surface area contributed by atoms with Crippen LogP contribution in [-0.2, 0) is 4.79 Å². The summed E-state index contributed by atoms with van der Waals surface area (Å²) >= 11 is 0. The zero-order chi connectivity index (χ0) is 11.5. The lowest BCUT2D eigenvalue weighted by Gasteiger charge is -2.01. The summed E-state index contributed by atoms with van der Waals surface area (Å²) in [5.41, 5.74) is 4.95. The number of hydrogen-bond acceptors (Lipinski definition) is 2. The number of aliphatic hydroxyl groups is 1. The van der Waals surface area contributed by atoms with E-state index >= 15 is 0 Å². The van der Waals surface area contributed by atoms with Gasteiger partial charge in [0.25, 0.3) is 0 Å². The summed E-state index contributed by atoms with van der Waals surface area (Å²) in [5.74, 6) is -0.463. The molecule has 0 rings (SSSR count). The van der Waals surface area contributed by atoms with Gasteiger partial charge in [-0.2, -0.15) is 0 Å². The van der Waals surface area contributed by atoms with Crippen molar-refractivity contribution in [1.29, 1.82) is 0 Å². The number of unbranched alkanes of at least 4 members (excludes halogenated alkanes) is 5. The number of rotatable bonds is 9. The highest BCUT2D eigenvalue weighted by Gasteiger charge is 2.02. The van der Waals surface area contributed by atoms with Gasteiger partial charge in [-0.05, 0) is 12.8 Å². The summed E-state index contributed by atoms with van der Waals surface area (Å²) in [4.78, 5) is 10.4. The van der Waals surface area contributed by atoms with Crippen LogP contribution in [0, 0.1) is 0 Å². The number of primary amides is 1. The van der Waals surface area contributed by atoms with Crippen LogP contribution in [0.5, 0.6) is 0 Å². The molecule has 0 bridgehead atoms. The third kappa shape index (κ3) is 11.1. The zero-order valence-corrected chi connectivity index (χ0v) is 9.61. The molecule has 3 N–H and O–H groups in total. The van der Waals surface area contributed by atoms with Crippen LogP contribution in [0.15, 0.2) is 12.2 Å². The molecule has 0 aromatic rings. The molecule has 0 aliphatic heterocycles. The first-order valence-corrected chi connectivity index (χ1v) is 5.79. The Labute approximate surface area is 92.4 Å². The molecule has 0 aromatic carbocycles. The maximum absolute atomic E-state index is 10.4. The second kappa shape index (κ2) is 9.71. The number of aliphatic hydroxyl groups excluding tert-OH is 1. The second-order valence-electron chi connectivity index (χ2n) is 3.87. The van der Waals surface area contributed by atoms with E-state index in [1.54, 1.807) is 6.08 Å². The van der Waals surface area contributed by atoms with Crippen LogP contribution < -0.4 is 5.73 Å². The number of carbonyl (C=O) groups is 1. The smallest absolute Gasteiger partial charge is 0.220 e. The van der Waals surface area contributed by atoms with Crippen LogP contribution in [-0.4, -0.2) is 17.1 Å². The van der Waals surface area contributed by atoms with E-state index in [2.05, 4.69) is 6.92 Å². The van der Waals surface area contributed by atoms with Gasteiger partial charge in [-0.25, -0.2) is 0 Å². The van der Waals surface area contributed by atoms with Crippen molar-refractivity contribution in [2.24, 2.45) is 5.73 Å². The van der Waals surface area contributed by atoms with Crippen molar-refractivity contribution in [3.05, 3.63) is 12.2 Å². The van der Waals surface area contributed by atoms with E-state index in [9.17, 15) is 9.90 Å². The van der Waals surface area contributed by atoms with Crippen molar-refractivity contribution < 1.29 is 9.90 Å². The molecule has 0 heterocycles. The highest BCUT2D eigenvalue weighted by atomic mass is 16.3. The Morgan fingerprint density at radius 2 is 2.00 bits per heavy atom. The molecule has 0 fully saturated rings. The van der Waals surface area contributed by atoms with Crippen LogP contribution in [0.4, 0.5) is 0 Å². The topological polar surface area (TPSA) is 63.3 Å². The molecule has 0 spiro atoms. The molecule has 0 radical (unpaired) electrons. The zero-order valence-electron chi connectivity index (χ0n) is 9.61. The van der Waals surface area contributed by atoms with Gasteiger partial charge >= 0.3 is 0 Å². The predicted molar refractivity (Wildman–Crippen MR) is 62.3 cm³/mol. The quantitative estimate of drug-likeness (QED) is 0.455. The van der Waals surface area contributed by atoms with E-state index in [-0.39, 0.29) is 6.42 Å². The normalized spacial score (nSPS) is 13.2. The summed E-state index contributed by atoms with van der Waals surface area (Å²) in [6.07, 6.45) is 10.1. The molecule has 0 saturated carbocycles. The molecule has 0 saturated heterocycles. The highest BCUT2D eigenvalue weighted by Crippen LogP contribution is 2.05. The largest absolute Gasteiger partial charge is 0.389 e. The molecule has 0 aliphatic carbocycles.